The summed E-state index contributed by atoms with van der Waals surface area (Å²) < 4.78 is 41.8. The van der Waals surface area contributed by atoms with E-state index in [1.807, 2.05) is 13.8 Å². The molecule has 0 aliphatic carbocycles. The fourth-order valence-corrected chi connectivity index (χ4v) is 2.16. The maximum atomic E-state index is 12.1. The Bertz CT molecular complexity index is 608. The van der Waals surface area contributed by atoms with Crippen molar-refractivity contribution >= 4 is 11.6 Å². The highest BCUT2D eigenvalue weighted by molar-refractivity contribution is 6.16. The normalized spacial score (nSPS) is 12.0. The van der Waals surface area contributed by atoms with Crippen LogP contribution >= 0.6 is 11.6 Å². The van der Waals surface area contributed by atoms with Crippen LogP contribution in [0.2, 0.25) is 0 Å². The fourth-order valence-electron chi connectivity index (χ4n) is 1.97. The van der Waals surface area contributed by atoms with Crippen LogP contribution in [0.3, 0.4) is 0 Å². The van der Waals surface area contributed by atoms with Gasteiger partial charge in [-0.1, -0.05) is 19.1 Å². The van der Waals surface area contributed by atoms with E-state index in [0.717, 1.165) is 5.69 Å². The van der Waals surface area contributed by atoms with Gasteiger partial charge >= 0.3 is 6.36 Å². The largest absolute Gasteiger partial charge is 0.573 e. The Morgan fingerprint density at radius 2 is 1.86 bits per heavy atom. The average molecular weight is 320 g/mol. The van der Waals surface area contributed by atoms with Gasteiger partial charge in [0.05, 0.1) is 17.3 Å². The van der Waals surface area contributed by atoms with E-state index in [2.05, 4.69) is 15.0 Å². The molecule has 0 saturated carbocycles. The van der Waals surface area contributed by atoms with E-state index >= 15 is 0 Å². The molecule has 0 fully saturated rings. The standard InChI is InChI=1S/C13H13ClF3N3O/c1-8(2)12-11(7-14)18-19-20(12)9-3-5-10(6-4-9)21-13(15,16)17/h3-6,8H,7H2,1-2H3. The van der Waals surface area contributed by atoms with Crippen LogP contribution in [0.25, 0.3) is 5.69 Å². The van der Waals surface area contributed by atoms with Crippen LogP contribution in [0.15, 0.2) is 24.3 Å². The summed E-state index contributed by atoms with van der Waals surface area (Å²) in [6.45, 7) is 3.93. The van der Waals surface area contributed by atoms with E-state index in [1.54, 1.807) is 4.68 Å². The highest BCUT2D eigenvalue weighted by atomic mass is 35.5. The van der Waals surface area contributed by atoms with Gasteiger partial charge in [-0.2, -0.15) is 0 Å². The summed E-state index contributed by atoms with van der Waals surface area (Å²) in [6.07, 6.45) is -4.70. The van der Waals surface area contributed by atoms with Gasteiger partial charge in [-0.15, -0.1) is 29.9 Å². The van der Waals surface area contributed by atoms with Crippen molar-refractivity contribution in [1.82, 2.24) is 15.0 Å². The smallest absolute Gasteiger partial charge is 0.406 e. The van der Waals surface area contributed by atoms with Crippen molar-refractivity contribution in [2.75, 3.05) is 0 Å². The summed E-state index contributed by atoms with van der Waals surface area (Å²) in [5, 5.41) is 7.99. The van der Waals surface area contributed by atoms with Gasteiger partial charge in [-0.25, -0.2) is 4.68 Å². The molecule has 0 saturated heterocycles. The van der Waals surface area contributed by atoms with Crippen LogP contribution in [0.1, 0.15) is 31.2 Å². The molecular weight excluding hydrogens is 307 g/mol. The van der Waals surface area contributed by atoms with Crippen molar-refractivity contribution < 1.29 is 17.9 Å². The highest BCUT2D eigenvalue weighted by Gasteiger charge is 2.31. The number of ether oxygens (including phenoxy) is 1. The van der Waals surface area contributed by atoms with E-state index < -0.39 is 6.36 Å². The van der Waals surface area contributed by atoms with Gasteiger partial charge in [-0.05, 0) is 30.2 Å². The first-order valence-corrected chi connectivity index (χ1v) is 6.72. The minimum absolute atomic E-state index is 0.125. The molecule has 8 heteroatoms. The topological polar surface area (TPSA) is 39.9 Å². The van der Waals surface area contributed by atoms with E-state index in [1.165, 1.54) is 24.3 Å². The van der Waals surface area contributed by atoms with Gasteiger partial charge in [0, 0.05) is 0 Å². The Morgan fingerprint density at radius 1 is 1.24 bits per heavy atom. The van der Waals surface area contributed by atoms with Crippen LogP contribution in [0.5, 0.6) is 5.75 Å². The zero-order valence-corrected chi connectivity index (χ0v) is 12.1. The van der Waals surface area contributed by atoms with Gasteiger partial charge in [0.2, 0.25) is 0 Å². The first-order valence-electron chi connectivity index (χ1n) is 6.18. The highest BCUT2D eigenvalue weighted by Crippen LogP contribution is 2.26. The molecule has 4 nitrogen and oxygen atoms in total. The summed E-state index contributed by atoms with van der Waals surface area (Å²) in [5.41, 5.74) is 2.08. The molecule has 2 aromatic rings. The Balaban J connectivity index is 2.33. The summed E-state index contributed by atoms with van der Waals surface area (Å²) in [7, 11) is 0. The van der Waals surface area contributed by atoms with E-state index in [4.69, 9.17) is 11.6 Å². The van der Waals surface area contributed by atoms with Crippen molar-refractivity contribution in [2.24, 2.45) is 0 Å². The number of halogens is 4. The second kappa shape index (κ2) is 5.93. The van der Waals surface area contributed by atoms with Crippen molar-refractivity contribution in [3.05, 3.63) is 35.7 Å². The van der Waals surface area contributed by atoms with Gasteiger partial charge in [0.15, 0.2) is 0 Å². The van der Waals surface area contributed by atoms with Gasteiger partial charge in [0.25, 0.3) is 0 Å². The monoisotopic (exact) mass is 319 g/mol. The SMILES string of the molecule is CC(C)c1c(CCl)nnn1-c1ccc(OC(F)(F)F)cc1. The van der Waals surface area contributed by atoms with Crippen molar-refractivity contribution in [2.45, 2.75) is 32.0 Å². The van der Waals surface area contributed by atoms with E-state index in [0.29, 0.717) is 11.4 Å². The van der Waals surface area contributed by atoms with Gasteiger partial charge < -0.3 is 4.74 Å². The molecule has 0 unspecified atom stereocenters. The second-order valence-electron chi connectivity index (χ2n) is 4.66. The van der Waals surface area contributed by atoms with Gasteiger partial charge in [0.1, 0.15) is 11.4 Å². The number of hydrogen-bond donors (Lipinski definition) is 0. The molecule has 0 radical (unpaired) electrons. The molecule has 2 rings (SSSR count). The zero-order chi connectivity index (χ0) is 15.6. The molecule has 114 valence electrons. The zero-order valence-electron chi connectivity index (χ0n) is 11.4. The number of alkyl halides is 4. The Labute approximate surface area is 124 Å². The number of benzene rings is 1. The molecule has 0 N–H and O–H groups in total. The quantitative estimate of drug-likeness (QED) is 0.799. The molecular formula is C13H13ClF3N3O. The predicted octanol–water partition coefficient (Wildman–Crippen LogP) is 4.03. The van der Waals surface area contributed by atoms with Crippen molar-refractivity contribution in [1.29, 1.82) is 0 Å². The van der Waals surface area contributed by atoms with Crippen LogP contribution < -0.4 is 4.74 Å². The van der Waals surface area contributed by atoms with Crippen molar-refractivity contribution in [3.8, 4) is 11.4 Å². The van der Waals surface area contributed by atoms with E-state index in [-0.39, 0.29) is 17.5 Å². The molecule has 0 spiro atoms. The minimum atomic E-state index is -4.70. The fraction of sp³-hybridized carbons (Fsp3) is 0.385. The molecule has 0 aliphatic rings. The lowest BCUT2D eigenvalue weighted by Gasteiger charge is -2.12. The molecule has 0 amide bonds. The number of aromatic nitrogens is 3. The Hall–Kier alpha value is -1.76. The lowest BCUT2D eigenvalue weighted by atomic mass is 10.1. The van der Waals surface area contributed by atoms with Crippen LogP contribution in [-0.4, -0.2) is 21.4 Å². The second-order valence-corrected chi connectivity index (χ2v) is 4.93. The Kier molecular flexibility index (Phi) is 4.41. The summed E-state index contributed by atoms with van der Waals surface area (Å²) >= 11 is 5.81. The van der Waals surface area contributed by atoms with Gasteiger partial charge in [-0.3, -0.25) is 0 Å². The molecule has 0 aliphatic heterocycles. The maximum absolute atomic E-state index is 12.1. The molecule has 1 aromatic carbocycles. The molecule has 1 aromatic heterocycles. The third-order valence-electron chi connectivity index (χ3n) is 2.77. The van der Waals surface area contributed by atoms with E-state index in [9.17, 15) is 13.2 Å². The summed E-state index contributed by atoms with van der Waals surface area (Å²) in [6, 6.07) is 5.43. The average Bonchev–Trinajstić information content (AvgIpc) is 2.81. The number of nitrogens with zero attached hydrogens (tertiary/aromatic N) is 3. The Morgan fingerprint density at radius 3 is 2.33 bits per heavy atom. The first-order chi connectivity index (χ1) is 9.81. The summed E-state index contributed by atoms with van der Waals surface area (Å²) in [5.74, 6) is 0.0675. The van der Waals surface area contributed by atoms with Crippen LogP contribution in [0.4, 0.5) is 13.2 Å². The third kappa shape index (κ3) is 3.66. The first kappa shape index (κ1) is 15.6. The molecule has 0 atom stereocenters. The molecule has 0 bridgehead atoms. The molecule has 21 heavy (non-hydrogen) atoms. The van der Waals surface area contributed by atoms with Crippen molar-refractivity contribution in [3.63, 3.8) is 0 Å². The predicted molar refractivity (Wildman–Crippen MR) is 71.7 cm³/mol. The van der Waals surface area contributed by atoms with Crippen LogP contribution in [-0.2, 0) is 5.88 Å². The number of rotatable bonds is 4. The molecule has 1 heterocycles. The minimum Gasteiger partial charge on any atom is -0.406 e. The lowest BCUT2D eigenvalue weighted by Crippen LogP contribution is -2.17. The third-order valence-corrected chi connectivity index (χ3v) is 3.02. The lowest BCUT2D eigenvalue weighted by molar-refractivity contribution is -0.274. The maximum Gasteiger partial charge on any atom is 0.573 e. The van der Waals surface area contributed by atoms with Crippen LogP contribution in [0, 0.1) is 0 Å². The summed E-state index contributed by atoms with van der Waals surface area (Å²) in [4.78, 5) is 0. The number of hydrogen-bond acceptors (Lipinski definition) is 3.